The van der Waals surface area contributed by atoms with Crippen LogP contribution in [0.25, 0.3) is 0 Å². The number of aliphatic hydroxyl groups is 1. The summed E-state index contributed by atoms with van der Waals surface area (Å²) in [6.07, 6.45) is 10.2. The van der Waals surface area contributed by atoms with E-state index in [-0.39, 0.29) is 0 Å². The van der Waals surface area contributed by atoms with Crippen molar-refractivity contribution in [1.29, 1.82) is 0 Å². The Balaban J connectivity index is 3.31. The second-order valence-electron chi connectivity index (χ2n) is 3.71. The van der Waals surface area contributed by atoms with Crippen molar-refractivity contribution in [3.05, 3.63) is 24.8 Å². The second kappa shape index (κ2) is 6.01. The Morgan fingerprint density at radius 3 is 2.42 bits per heavy atom. The second-order valence-corrected chi connectivity index (χ2v) is 3.71. The van der Waals surface area contributed by atoms with Crippen LogP contribution in [-0.4, -0.2) is 10.7 Å². The molecule has 0 bridgehead atoms. The van der Waals surface area contributed by atoms with E-state index in [1.54, 1.807) is 0 Å². The standard InChI is InChI=1S/C11H20O/c1-4-5-6-7-8-9-10-11(2,3)12/h4,8-9,12H,1,5-7,10H2,2-3H3/b9-8+. The molecule has 0 aromatic heterocycles. The van der Waals surface area contributed by atoms with Gasteiger partial charge in [-0.2, -0.15) is 0 Å². The molecule has 0 spiro atoms. The van der Waals surface area contributed by atoms with E-state index in [0.29, 0.717) is 0 Å². The molecular weight excluding hydrogens is 148 g/mol. The molecule has 70 valence electrons. The van der Waals surface area contributed by atoms with Crippen LogP contribution in [0.15, 0.2) is 24.8 Å². The van der Waals surface area contributed by atoms with Crippen LogP contribution < -0.4 is 0 Å². The topological polar surface area (TPSA) is 20.2 Å². The van der Waals surface area contributed by atoms with Crippen LogP contribution in [0.5, 0.6) is 0 Å². The molecule has 1 nitrogen and oxygen atoms in total. The summed E-state index contributed by atoms with van der Waals surface area (Å²) in [6.45, 7) is 7.29. The van der Waals surface area contributed by atoms with Crippen molar-refractivity contribution >= 4 is 0 Å². The van der Waals surface area contributed by atoms with E-state index in [2.05, 4.69) is 12.7 Å². The lowest BCUT2D eigenvalue weighted by Crippen LogP contribution is -2.16. The zero-order chi connectivity index (χ0) is 9.45. The summed E-state index contributed by atoms with van der Waals surface area (Å²) in [5, 5.41) is 9.35. The van der Waals surface area contributed by atoms with Crippen molar-refractivity contribution in [3.8, 4) is 0 Å². The summed E-state index contributed by atoms with van der Waals surface area (Å²) < 4.78 is 0. The molecule has 1 N–H and O–H groups in total. The van der Waals surface area contributed by atoms with Crippen molar-refractivity contribution in [2.24, 2.45) is 0 Å². The quantitative estimate of drug-likeness (QED) is 0.477. The molecular formula is C11H20O. The molecule has 1 heteroatoms. The lowest BCUT2D eigenvalue weighted by Gasteiger charge is -2.13. The van der Waals surface area contributed by atoms with E-state index in [1.165, 1.54) is 0 Å². The molecule has 0 aliphatic heterocycles. The monoisotopic (exact) mass is 168 g/mol. The molecule has 0 amide bonds. The number of rotatable bonds is 6. The minimum absolute atomic E-state index is 0.561. The summed E-state index contributed by atoms with van der Waals surface area (Å²) in [4.78, 5) is 0. The normalized spacial score (nSPS) is 12.2. The van der Waals surface area contributed by atoms with E-state index in [4.69, 9.17) is 0 Å². The Bertz CT molecular complexity index is 140. The zero-order valence-corrected chi connectivity index (χ0v) is 8.21. The maximum atomic E-state index is 9.35. The molecule has 0 saturated heterocycles. The Morgan fingerprint density at radius 2 is 1.92 bits per heavy atom. The number of hydrogen-bond donors (Lipinski definition) is 1. The van der Waals surface area contributed by atoms with Gasteiger partial charge < -0.3 is 5.11 Å². The fourth-order valence-corrected chi connectivity index (χ4v) is 0.870. The fourth-order valence-electron chi connectivity index (χ4n) is 0.870. The third-order valence-corrected chi connectivity index (χ3v) is 1.56. The fraction of sp³-hybridized carbons (Fsp3) is 0.636. The van der Waals surface area contributed by atoms with Crippen molar-refractivity contribution in [1.82, 2.24) is 0 Å². The highest BCUT2D eigenvalue weighted by molar-refractivity contribution is 4.87. The molecule has 0 aliphatic rings. The van der Waals surface area contributed by atoms with Crippen molar-refractivity contribution in [3.63, 3.8) is 0 Å². The molecule has 0 heterocycles. The van der Waals surface area contributed by atoms with E-state index >= 15 is 0 Å². The highest BCUT2D eigenvalue weighted by Gasteiger charge is 2.08. The molecule has 0 aromatic carbocycles. The van der Waals surface area contributed by atoms with E-state index in [9.17, 15) is 5.11 Å². The summed E-state index contributed by atoms with van der Waals surface area (Å²) in [7, 11) is 0. The van der Waals surface area contributed by atoms with Crippen LogP contribution in [0.3, 0.4) is 0 Å². The maximum absolute atomic E-state index is 9.35. The molecule has 0 radical (unpaired) electrons. The molecule has 12 heavy (non-hydrogen) atoms. The van der Waals surface area contributed by atoms with Gasteiger partial charge >= 0.3 is 0 Å². The van der Waals surface area contributed by atoms with Gasteiger partial charge in [-0.05, 0) is 39.5 Å². The van der Waals surface area contributed by atoms with Crippen LogP contribution >= 0.6 is 0 Å². The SMILES string of the molecule is C=CCCC/C=C/CC(C)(C)O. The van der Waals surface area contributed by atoms with Gasteiger partial charge in [0, 0.05) is 0 Å². The van der Waals surface area contributed by atoms with Crippen LogP contribution in [0.4, 0.5) is 0 Å². The Morgan fingerprint density at radius 1 is 1.25 bits per heavy atom. The smallest absolute Gasteiger partial charge is 0.0626 e. The van der Waals surface area contributed by atoms with Crippen LogP contribution in [-0.2, 0) is 0 Å². The molecule has 0 atom stereocenters. The van der Waals surface area contributed by atoms with Crippen molar-refractivity contribution in [2.75, 3.05) is 0 Å². The lowest BCUT2D eigenvalue weighted by molar-refractivity contribution is 0.0838. The number of hydrogen-bond acceptors (Lipinski definition) is 1. The summed E-state index contributed by atoms with van der Waals surface area (Å²) >= 11 is 0. The zero-order valence-electron chi connectivity index (χ0n) is 8.21. The van der Waals surface area contributed by atoms with Gasteiger partial charge in [0.2, 0.25) is 0 Å². The summed E-state index contributed by atoms with van der Waals surface area (Å²) in [5.41, 5.74) is -0.561. The molecule has 0 saturated carbocycles. The lowest BCUT2D eigenvalue weighted by atomic mass is 10.1. The van der Waals surface area contributed by atoms with Gasteiger partial charge in [-0.15, -0.1) is 6.58 Å². The highest BCUT2D eigenvalue weighted by atomic mass is 16.3. The largest absolute Gasteiger partial charge is 0.390 e. The van der Waals surface area contributed by atoms with Crippen LogP contribution in [0, 0.1) is 0 Å². The summed E-state index contributed by atoms with van der Waals surface area (Å²) in [5.74, 6) is 0. The molecule has 0 aliphatic carbocycles. The molecule has 0 unspecified atom stereocenters. The summed E-state index contributed by atoms with van der Waals surface area (Å²) in [6, 6.07) is 0. The molecule has 0 rings (SSSR count). The Hall–Kier alpha value is -0.560. The highest BCUT2D eigenvalue weighted by Crippen LogP contribution is 2.08. The first kappa shape index (κ1) is 11.4. The third-order valence-electron chi connectivity index (χ3n) is 1.56. The number of unbranched alkanes of at least 4 members (excludes halogenated alkanes) is 2. The Labute approximate surface area is 75.8 Å². The minimum Gasteiger partial charge on any atom is -0.390 e. The number of allylic oxidation sites excluding steroid dienone is 2. The van der Waals surface area contributed by atoms with Gasteiger partial charge in [0.25, 0.3) is 0 Å². The minimum atomic E-state index is -0.561. The van der Waals surface area contributed by atoms with Gasteiger partial charge in [-0.3, -0.25) is 0 Å². The van der Waals surface area contributed by atoms with E-state index in [1.807, 2.05) is 26.0 Å². The molecule has 0 aromatic rings. The van der Waals surface area contributed by atoms with Gasteiger partial charge in [-0.25, -0.2) is 0 Å². The Kier molecular flexibility index (Phi) is 5.73. The molecule has 0 fully saturated rings. The van der Waals surface area contributed by atoms with Gasteiger partial charge in [0.1, 0.15) is 0 Å². The predicted molar refractivity (Wildman–Crippen MR) is 54.1 cm³/mol. The van der Waals surface area contributed by atoms with Crippen molar-refractivity contribution in [2.45, 2.75) is 45.1 Å². The first-order valence-electron chi connectivity index (χ1n) is 4.54. The first-order chi connectivity index (χ1) is 5.56. The first-order valence-corrected chi connectivity index (χ1v) is 4.54. The van der Waals surface area contributed by atoms with Gasteiger partial charge in [0.15, 0.2) is 0 Å². The van der Waals surface area contributed by atoms with E-state index < -0.39 is 5.60 Å². The average molecular weight is 168 g/mol. The predicted octanol–water partition coefficient (Wildman–Crippen LogP) is 3.06. The average Bonchev–Trinajstić information content (AvgIpc) is 1.94. The third kappa shape index (κ3) is 9.44. The van der Waals surface area contributed by atoms with Crippen molar-refractivity contribution < 1.29 is 5.11 Å². The van der Waals surface area contributed by atoms with Gasteiger partial charge in [0.05, 0.1) is 5.60 Å². The van der Waals surface area contributed by atoms with Crippen LogP contribution in [0.1, 0.15) is 39.5 Å². The van der Waals surface area contributed by atoms with E-state index in [0.717, 1.165) is 25.7 Å². The van der Waals surface area contributed by atoms with Gasteiger partial charge in [-0.1, -0.05) is 18.2 Å². The van der Waals surface area contributed by atoms with Crippen LogP contribution in [0.2, 0.25) is 0 Å². The maximum Gasteiger partial charge on any atom is 0.0626 e.